The Labute approximate surface area is 332 Å². The molecule has 0 fully saturated rings. The quantitative estimate of drug-likeness (QED) is 0.0270. The van der Waals surface area contributed by atoms with E-state index in [0.717, 1.165) is 116 Å². The van der Waals surface area contributed by atoms with Gasteiger partial charge in [-0.2, -0.15) is 0 Å². The molecule has 0 aromatic heterocycles. The SMILES string of the molecule is CC/C=C\C/C=C\C/C=C\C/C=C\C/C=C\CCCCCC(=O)OCC(COC(=O)CCCCCCC)OC(=O)CCCCCCC/C=C\CCCCC. The molecule has 0 N–H and O–H groups in total. The molecular formula is C48H80O6. The fourth-order valence-electron chi connectivity index (χ4n) is 5.64. The second-order valence-electron chi connectivity index (χ2n) is 14.2. The van der Waals surface area contributed by atoms with E-state index in [2.05, 4.69) is 93.7 Å². The maximum absolute atomic E-state index is 12.6. The van der Waals surface area contributed by atoms with E-state index < -0.39 is 6.10 Å². The van der Waals surface area contributed by atoms with Gasteiger partial charge in [0.15, 0.2) is 6.10 Å². The first-order valence-corrected chi connectivity index (χ1v) is 21.9. The van der Waals surface area contributed by atoms with Crippen molar-refractivity contribution in [2.45, 2.75) is 200 Å². The Morgan fingerprint density at radius 1 is 0.389 bits per heavy atom. The summed E-state index contributed by atoms with van der Waals surface area (Å²) in [5.41, 5.74) is 0. The maximum Gasteiger partial charge on any atom is 0.306 e. The Morgan fingerprint density at radius 2 is 0.722 bits per heavy atom. The third-order valence-electron chi connectivity index (χ3n) is 8.95. The number of unbranched alkanes of at least 4 members (excludes halogenated alkanes) is 15. The summed E-state index contributed by atoms with van der Waals surface area (Å²) in [4.78, 5) is 37.4. The molecule has 308 valence electrons. The largest absolute Gasteiger partial charge is 0.462 e. The van der Waals surface area contributed by atoms with Gasteiger partial charge in [0.05, 0.1) is 0 Å². The van der Waals surface area contributed by atoms with Crippen molar-refractivity contribution in [3.05, 3.63) is 72.9 Å². The van der Waals surface area contributed by atoms with Crippen LogP contribution in [0, 0.1) is 0 Å². The van der Waals surface area contributed by atoms with Crippen LogP contribution in [0.5, 0.6) is 0 Å². The first-order chi connectivity index (χ1) is 26.5. The molecule has 0 aromatic carbocycles. The van der Waals surface area contributed by atoms with Crippen molar-refractivity contribution < 1.29 is 28.6 Å². The number of rotatable bonds is 38. The predicted octanol–water partition coefficient (Wildman–Crippen LogP) is 13.9. The molecule has 0 aromatic rings. The van der Waals surface area contributed by atoms with E-state index >= 15 is 0 Å². The van der Waals surface area contributed by atoms with Crippen molar-refractivity contribution >= 4 is 17.9 Å². The van der Waals surface area contributed by atoms with E-state index in [9.17, 15) is 14.4 Å². The van der Waals surface area contributed by atoms with E-state index in [1.165, 1.54) is 38.5 Å². The second-order valence-corrected chi connectivity index (χ2v) is 14.2. The molecule has 0 aliphatic carbocycles. The first kappa shape index (κ1) is 50.9. The fourth-order valence-corrected chi connectivity index (χ4v) is 5.64. The van der Waals surface area contributed by atoms with Gasteiger partial charge < -0.3 is 14.2 Å². The minimum Gasteiger partial charge on any atom is -0.462 e. The fraction of sp³-hybridized carbons (Fsp3) is 0.688. The lowest BCUT2D eigenvalue weighted by Crippen LogP contribution is -2.30. The summed E-state index contributed by atoms with van der Waals surface area (Å²) in [6.07, 6.45) is 52.0. The van der Waals surface area contributed by atoms with Crippen LogP contribution in [-0.4, -0.2) is 37.2 Å². The standard InChI is InChI=1S/C48H80O6/c1-4-7-10-13-15-17-19-21-22-23-24-25-26-27-29-30-32-35-38-41-47(50)53-44-45(43-52-46(49)40-37-34-12-9-6-3)54-48(51)42-39-36-33-31-28-20-18-16-14-11-8-5-2/h7,10,15-18,21-22,24-25,27,29,45H,4-6,8-9,11-14,19-20,23,26,28,30-44H2,1-3H3/b10-7-,17-15-,18-16-,22-21-,25-24-,29-27-. The van der Waals surface area contributed by atoms with Crippen LogP contribution in [0.3, 0.4) is 0 Å². The average molecular weight is 753 g/mol. The van der Waals surface area contributed by atoms with Gasteiger partial charge in [-0.1, -0.05) is 158 Å². The predicted molar refractivity (Wildman–Crippen MR) is 228 cm³/mol. The molecule has 0 radical (unpaired) electrons. The van der Waals surface area contributed by atoms with Crippen LogP contribution in [0.15, 0.2) is 72.9 Å². The topological polar surface area (TPSA) is 78.9 Å². The van der Waals surface area contributed by atoms with E-state index in [1.807, 2.05) is 0 Å². The van der Waals surface area contributed by atoms with E-state index in [4.69, 9.17) is 14.2 Å². The van der Waals surface area contributed by atoms with Crippen LogP contribution in [0.2, 0.25) is 0 Å². The van der Waals surface area contributed by atoms with E-state index in [1.54, 1.807) is 0 Å². The summed E-state index contributed by atoms with van der Waals surface area (Å²) in [6.45, 7) is 6.35. The molecule has 0 bridgehead atoms. The Balaban J connectivity index is 4.31. The lowest BCUT2D eigenvalue weighted by Gasteiger charge is -2.18. The van der Waals surface area contributed by atoms with Crippen LogP contribution in [0.25, 0.3) is 0 Å². The molecule has 1 unspecified atom stereocenters. The maximum atomic E-state index is 12.6. The summed E-state index contributed by atoms with van der Waals surface area (Å²) < 4.78 is 16.5. The molecule has 6 heteroatoms. The van der Waals surface area contributed by atoms with Crippen LogP contribution in [0.4, 0.5) is 0 Å². The zero-order valence-corrected chi connectivity index (χ0v) is 35.0. The minimum absolute atomic E-state index is 0.0912. The second kappa shape index (κ2) is 42.6. The van der Waals surface area contributed by atoms with Crippen molar-refractivity contribution in [1.29, 1.82) is 0 Å². The number of carbonyl (C=O) groups excluding carboxylic acids is 3. The number of esters is 3. The van der Waals surface area contributed by atoms with Crippen LogP contribution in [-0.2, 0) is 28.6 Å². The molecule has 0 saturated heterocycles. The van der Waals surface area contributed by atoms with Gasteiger partial charge in [0.2, 0.25) is 0 Å². The van der Waals surface area contributed by atoms with E-state index in [-0.39, 0.29) is 31.1 Å². The van der Waals surface area contributed by atoms with Gasteiger partial charge in [-0.3, -0.25) is 14.4 Å². The third kappa shape index (κ3) is 40.0. The highest BCUT2D eigenvalue weighted by atomic mass is 16.6. The molecule has 0 rings (SSSR count). The zero-order valence-electron chi connectivity index (χ0n) is 35.0. The smallest absolute Gasteiger partial charge is 0.306 e. The minimum atomic E-state index is -0.787. The van der Waals surface area contributed by atoms with Crippen molar-refractivity contribution in [3.63, 3.8) is 0 Å². The zero-order chi connectivity index (χ0) is 39.4. The van der Waals surface area contributed by atoms with Crippen LogP contribution >= 0.6 is 0 Å². The van der Waals surface area contributed by atoms with Gasteiger partial charge in [0, 0.05) is 19.3 Å². The first-order valence-electron chi connectivity index (χ1n) is 21.9. The van der Waals surface area contributed by atoms with Gasteiger partial charge in [0.1, 0.15) is 13.2 Å². The van der Waals surface area contributed by atoms with Gasteiger partial charge >= 0.3 is 17.9 Å². The molecule has 0 heterocycles. The molecule has 6 nitrogen and oxygen atoms in total. The molecule has 0 amide bonds. The normalized spacial score (nSPS) is 12.7. The van der Waals surface area contributed by atoms with Gasteiger partial charge in [0.25, 0.3) is 0 Å². The van der Waals surface area contributed by atoms with Crippen molar-refractivity contribution in [2.75, 3.05) is 13.2 Å². The van der Waals surface area contributed by atoms with Gasteiger partial charge in [-0.05, 0) is 89.9 Å². The molecule has 0 saturated carbocycles. The van der Waals surface area contributed by atoms with E-state index in [0.29, 0.717) is 19.3 Å². The monoisotopic (exact) mass is 753 g/mol. The number of hydrogen-bond acceptors (Lipinski definition) is 6. The van der Waals surface area contributed by atoms with Gasteiger partial charge in [-0.25, -0.2) is 0 Å². The third-order valence-corrected chi connectivity index (χ3v) is 8.95. The van der Waals surface area contributed by atoms with Gasteiger partial charge in [-0.15, -0.1) is 0 Å². The molecule has 1 atom stereocenters. The molecular weight excluding hydrogens is 673 g/mol. The van der Waals surface area contributed by atoms with Crippen molar-refractivity contribution in [3.8, 4) is 0 Å². The highest BCUT2D eigenvalue weighted by Crippen LogP contribution is 2.12. The average Bonchev–Trinajstić information content (AvgIpc) is 3.17. The molecule has 0 spiro atoms. The number of allylic oxidation sites excluding steroid dienone is 12. The van der Waals surface area contributed by atoms with Crippen LogP contribution in [0.1, 0.15) is 194 Å². The summed E-state index contributed by atoms with van der Waals surface area (Å²) in [5.74, 6) is -0.956. The van der Waals surface area contributed by atoms with Crippen LogP contribution < -0.4 is 0 Å². The summed E-state index contributed by atoms with van der Waals surface area (Å²) in [6, 6.07) is 0. The Kier molecular flexibility index (Phi) is 40.1. The summed E-state index contributed by atoms with van der Waals surface area (Å²) >= 11 is 0. The molecule has 0 aliphatic heterocycles. The van der Waals surface area contributed by atoms with Crippen molar-refractivity contribution in [2.24, 2.45) is 0 Å². The Morgan fingerprint density at radius 3 is 1.20 bits per heavy atom. The lowest BCUT2D eigenvalue weighted by molar-refractivity contribution is -0.167. The Hall–Kier alpha value is -3.15. The summed E-state index contributed by atoms with van der Waals surface area (Å²) in [5, 5.41) is 0. The number of hydrogen-bond donors (Lipinski definition) is 0. The highest BCUT2D eigenvalue weighted by Gasteiger charge is 2.19. The number of ether oxygens (including phenoxy) is 3. The Bertz CT molecular complexity index is 1050. The van der Waals surface area contributed by atoms with Crippen molar-refractivity contribution in [1.82, 2.24) is 0 Å². The molecule has 54 heavy (non-hydrogen) atoms. The molecule has 0 aliphatic rings. The lowest BCUT2D eigenvalue weighted by atomic mass is 10.1. The highest BCUT2D eigenvalue weighted by molar-refractivity contribution is 5.71. The summed E-state index contributed by atoms with van der Waals surface area (Å²) in [7, 11) is 0. The number of carbonyl (C=O) groups is 3.